The van der Waals surface area contributed by atoms with E-state index in [-0.39, 0.29) is 11.2 Å². The molecule has 1 aromatic rings. The number of hydrogen-bond donors (Lipinski definition) is 1. The molecule has 4 nitrogen and oxygen atoms in total. The zero-order chi connectivity index (χ0) is 11.3. The van der Waals surface area contributed by atoms with Crippen LogP contribution < -0.4 is 4.74 Å². The van der Waals surface area contributed by atoms with E-state index in [1.165, 1.54) is 12.1 Å². The molecule has 0 aromatic heterocycles. The van der Waals surface area contributed by atoms with Gasteiger partial charge >= 0.3 is 5.97 Å². The first-order chi connectivity index (χ1) is 7.09. The normalized spacial score (nSPS) is 13.3. The molecule has 0 aliphatic heterocycles. The van der Waals surface area contributed by atoms with Crippen molar-refractivity contribution in [1.82, 2.24) is 0 Å². The minimum atomic E-state index is -2.51. The molecule has 0 aliphatic rings. The average molecular weight is 230 g/mol. The van der Waals surface area contributed by atoms with Crippen LogP contribution in [-0.4, -0.2) is 14.7 Å². The number of benzene rings is 1. The Labute approximate surface area is 87.7 Å². The van der Waals surface area contributed by atoms with Crippen LogP contribution in [0.2, 0.25) is 0 Å². The molecule has 0 fully saturated rings. The fourth-order valence-electron chi connectivity index (χ4n) is 0.781. The summed E-state index contributed by atoms with van der Waals surface area (Å²) in [5.74, 6) is -2.54. The summed E-state index contributed by atoms with van der Waals surface area (Å²) in [4.78, 5) is 10.9. The first-order valence-corrected chi connectivity index (χ1v) is 5.01. The van der Waals surface area contributed by atoms with Crippen LogP contribution >= 0.6 is 0 Å². The Balaban J connectivity index is 2.68. The lowest BCUT2D eigenvalue weighted by Crippen LogP contribution is -2.08. The standard InChI is InChI=1S/C9H7FO4S/c10-8(6-15(12)13)9(11)14-7-4-2-1-3-5-7/h1-6H,(H,12,13). The molecule has 1 N–H and O–H groups in total. The van der Waals surface area contributed by atoms with Gasteiger partial charge < -0.3 is 9.29 Å². The van der Waals surface area contributed by atoms with Gasteiger partial charge in [0.2, 0.25) is 5.83 Å². The number of esters is 1. The minimum absolute atomic E-state index is 0.162. The molecule has 1 atom stereocenters. The number of carbonyl (C=O) groups excluding carboxylic acids is 1. The smallest absolute Gasteiger partial charge is 0.373 e. The third-order valence-corrected chi connectivity index (χ3v) is 1.76. The van der Waals surface area contributed by atoms with Crippen LogP contribution in [0.25, 0.3) is 0 Å². The monoisotopic (exact) mass is 230 g/mol. The van der Waals surface area contributed by atoms with E-state index in [1.807, 2.05) is 0 Å². The summed E-state index contributed by atoms with van der Waals surface area (Å²) in [6.45, 7) is 0. The van der Waals surface area contributed by atoms with Gasteiger partial charge in [0.15, 0.2) is 11.1 Å². The highest BCUT2D eigenvalue weighted by molar-refractivity contribution is 7.82. The minimum Gasteiger partial charge on any atom is -0.421 e. The van der Waals surface area contributed by atoms with Crippen LogP contribution in [0.4, 0.5) is 4.39 Å². The highest BCUT2D eigenvalue weighted by atomic mass is 32.2. The topological polar surface area (TPSA) is 63.6 Å². The second-order valence-corrected chi connectivity index (χ2v) is 3.23. The molecule has 15 heavy (non-hydrogen) atoms. The van der Waals surface area contributed by atoms with Crippen molar-refractivity contribution >= 4 is 17.0 Å². The van der Waals surface area contributed by atoms with Crippen LogP contribution in [0.5, 0.6) is 5.75 Å². The molecular formula is C9H7FO4S. The predicted octanol–water partition coefficient (Wildman–Crippen LogP) is 1.62. The number of ether oxygens (including phenoxy) is 1. The van der Waals surface area contributed by atoms with Crippen molar-refractivity contribution in [1.29, 1.82) is 0 Å². The van der Waals surface area contributed by atoms with Gasteiger partial charge in [-0.1, -0.05) is 18.2 Å². The first kappa shape index (κ1) is 11.5. The average Bonchev–Trinajstić information content (AvgIpc) is 2.18. The van der Waals surface area contributed by atoms with Gasteiger partial charge in [-0.25, -0.2) is 9.00 Å². The Kier molecular flexibility index (Phi) is 4.14. The number of hydrogen-bond acceptors (Lipinski definition) is 3. The lowest BCUT2D eigenvalue weighted by Gasteiger charge is -2.00. The fourth-order valence-corrected chi connectivity index (χ4v) is 1.05. The van der Waals surface area contributed by atoms with Crippen LogP contribution in [0.3, 0.4) is 0 Å². The van der Waals surface area contributed by atoms with Crippen LogP contribution in [0.15, 0.2) is 41.6 Å². The summed E-state index contributed by atoms with van der Waals surface area (Å²) in [6, 6.07) is 7.83. The second-order valence-electron chi connectivity index (χ2n) is 2.44. The SMILES string of the molecule is O=C(Oc1ccccc1)C(F)=CS(=O)O. The first-order valence-electron chi connectivity index (χ1n) is 3.84. The highest BCUT2D eigenvalue weighted by Gasteiger charge is 2.12. The van der Waals surface area contributed by atoms with Crippen molar-refractivity contribution in [3.8, 4) is 5.75 Å². The third-order valence-electron chi connectivity index (χ3n) is 1.35. The van der Waals surface area contributed by atoms with E-state index in [9.17, 15) is 13.4 Å². The maximum atomic E-state index is 12.8. The van der Waals surface area contributed by atoms with Crippen molar-refractivity contribution in [2.75, 3.05) is 0 Å². The summed E-state index contributed by atoms with van der Waals surface area (Å²) in [6.07, 6.45) is 0. The van der Waals surface area contributed by atoms with Gasteiger partial charge in [0.25, 0.3) is 0 Å². The zero-order valence-electron chi connectivity index (χ0n) is 7.42. The van der Waals surface area contributed by atoms with Crippen LogP contribution in [0.1, 0.15) is 0 Å². The highest BCUT2D eigenvalue weighted by Crippen LogP contribution is 2.11. The summed E-state index contributed by atoms with van der Waals surface area (Å²) in [5.41, 5.74) is 0. The summed E-state index contributed by atoms with van der Waals surface area (Å²) in [5, 5.41) is 0.255. The Morgan fingerprint density at radius 1 is 1.40 bits per heavy atom. The van der Waals surface area contributed by atoms with Crippen molar-refractivity contribution in [3.63, 3.8) is 0 Å². The van der Waals surface area contributed by atoms with Crippen molar-refractivity contribution < 1.29 is 22.7 Å². The molecule has 0 saturated carbocycles. The summed E-state index contributed by atoms with van der Waals surface area (Å²) < 4.78 is 35.8. The van der Waals surface area contributed by atoms with Gasteiger partial charge in [0, 0.05) is 0 Å². The van der Waals surface area contributed by atoms with Gasteiger partial charge in [0.05, 0.1) is 5.41 Å². The van der Waals surface area contributed by atoms with Crippen molar-refractivity contribution in [2.24, 2.45) is 0 Å². The maximum Gasteiger partial charge on any atom is 0.373 e. The van der Waals surface area contributed by atoms with E-state index < -0.39 is 22.9 Å². The molecule has 0 amide bonds. The molecule has 0 aliphatic carbocycles. The molecule has 0 spiro atoms. The largest absolute Gasteiger partial charge is 0.421 e. The number of carbonyl (C=O) groups is 1. The lowest BCUT2D eigenvalue weighted by molar-refractivity contribution is -0.131. The quantitative estimate of drug-likeness (QED) is 0.371. The summed E-state index contributed by atoms with van der Waals surface area (Å²) in [7, 11) is 0. The Morgan fingerprint density at radius 2 is 2.00 bits per heavy atom. The molecule has 0 bridgehead atoms. The van der Waals surface area contributed by atoms with E-state index in [1.54, 1.807) is 18.2 Å². The molecule has 0 heterocycles. The zero-order valence-corrected chi connectivity index (χ0v) is 8.24. The van der Waals surface area contributed by atoms with Crippen molar-refractivity contribution in [2.45, 2.75) is 0 Å². The second kappa shape index (κ2) is 5.38. The summed E-state index contributed by atoms with van der Waals surface area (Å²) >= 11 is -2.51. The van der Waals surface area contributed by atoms with Crippen molar-refractivity contribution in [3.05, 3.63) is 41.6 Å². The van der Waals surface area contributed by atoms with Crippen LogP contribution in [0, 0.1) is 0 Å². The van der Waals surface area contributed by atoms with E-state index >= 15 is 0 Å². The van der Waals surface area contributed by atoms with E-state index in [2.05, 4.69) is 4.74 Å². The number of rotatable bonds is 3. The van der Waals surface area contributed by atoms with Gasteiger partial charge in [-0.15, -0.1) is 0 Å². The van der Waals surface area contributed by atoms with E-state index in [0.29, 0.717) is 0 Å². The molecule has 0 radical (unpaired) electrons. The van der Waals surface area contributed by atoms with E-state index in [0.717, 1.165) is 0 Å². The third kappa shape index (κ3) is 4.01. The van der Waals surface area contributed by atoms with Gasteiger partial charge in [0.1, 0.15) is 5.75 Å². The fraction of sp³-hybridized carbons (Fsp3) is 0. The van der Waals surface area contributed by atoms with Gasteiger partial charge in [-0.05, 0) is 12.1 Å². The Morgan fingerprint density at radius 3 is 2.53 bits per heavy atom. The molecular weight excluding hydrogens is 223 g/mol. The van der Waals surface area contributed by atoms with Gasteiger partial charge in [-0.2, -0.15) is 4.39 Å². The van der Waals surface area contributed by atoms with Gasteiger partial charge in [-0.3, -0.25) is 0 Å². The number of halogens is 1. The Bertz CT molecular complexity index is 402. The molecule has 0 saturated heterocycles. The Hall–Kier alpha value is -1.53. The molecule has 1 rings (SSSR count). The number of para-hydroxylation sites is 1. The molecule has 6 heteroatoms. The maximum absolute atomic E-state index is 12.8. The van der Waals surface area contributed by atoms with Crippen LogP contribution in [-0.2, 0) is 15.9 Å². The lowest BCUT2D eigenvalue weighted by atomic mass is 10.3. The van der Waals surface area contributed by atoms with E-state index in [4.69, 9.17) is 4.55 Å². The molecule has 1 aromatic carbocycles. The predicted molar refractivity (Wildman–Crippen MR) is 52.0 cm³/mol. The molecule has 80 valence electrons. The molecule has 1 unspecified atom stereocenters.